The Balaban J connectivity index is 1.53. The minimum Gasteiger partial charge on any atom is -0.375 e. The summed E-state index contributed by atoms with van der Waals surface area (Å²) in [6, 6.07) is 16.6. The van der Waals surface area contributed by atoms with Crippen LogP contribution < -0.4 is 21.7 Å². The van der Waals surface area contributed by atoms with E-state index in [1.807, 2.05) is 25.1 Å². The number of allylic oxidation sites excluding steroid dienone is 4. The summed E-state index contributed by atoms with van der Waals surface area (Å²) in [4.78, 5) is 2.41. The maximum atomic E-state index is 3.30. The largest absolute Gasteiger partial charge is 0.375 e. The second-order valence-corrected chi connectivity index (χ2v) is 7.25. The van der Waals surface area contributed by atoms with Gasteiger partial charge in [0.15, 0.2) is 0 Å². The summed E-state index contributed by atoms with van der Waals surface area (Å²) >= 11 is 0. The van der Waals surface area contributed by atoms with Gasteiger partial charge in [-0.2, -0.15) is 0 Å². The third kappa shape index (κ3) is 5.61. The first-order chi connectivity index (χ1) is 14.1. The van der Waals surface area contributed by atoms with E-state index in [4.69, 9.17) is 0 Å². The standard InChI is InChI=1S/C24H31N5/c1-5-29(6-2)23-14-11-21(12-15-23)25-27-22-13-16-24(19(4)17-22)28-26-20-9-7-18(3)8-10-20/h7-11,14,17,25-28H,5-6,12,15H2,1-4H3. The first-order valence-corrected chi connectivity index (χ1v) is 10.3. The van der Waals surface area contributed by atoms with Crippen molar-refractivity contribution >= 4 is 17.1 Å². The smallest absolute Gasteiger partial charge is 0.107 e. The van der Waals surface area contributed by atoms with Gasteiger partial charge in [-0.25, -0.2) is 0 Å². The summed E-state index contributed by atoms with van der Waals surface area (Å²) in [6.07, 6.45) is 6.43. The highest BCUT2D eigenvalue weighted by molar-refractivity contribution is 5.58. The molecule has 0 aromatic heterocycles. The molecule has 5 heteroatoms. The van der Waals surface area contributed by atoms with Gasteiger partial charge in [0, 0.05) is 24.5 Å². The zero-order valence-corrected chi connectivity index (χ0v) is 17.8. The lowest BCUT2D eigenvalue weighted by atomic mass is 10.1. The molecule has 1 aliphatic carbocycles. The number of rotatable bonds is 9. The molecule has 0 aliphatic heterocycles. The Kier molecular flexibility index (Phi) is 6.91. The Bertz CT molecular complexity index is 863. The van der Waals surface area contributed by atoms with E-state index in [2.05, 4.69) is 83.8 Å². The fraction of sp³-hybridized carbons (Fsp3) is 0.333. The molecule has 152 valence electrons. The molecule has 2 aromatic carbocycles. The normalized spacial score (nSPS) is 13.0. The van der Waals surface area contributed by atoms with Crippen molar-refractivity contribution < 1.29 is 0 Å². The second-order valence-electron chi connectivity index (χ2n) is 7.25. The molecular formula is C24H31N5. The molecule has 0 fully saturated rings. The first-order valence-electron chi connectivity index (χ1n) is 10.3. The maximum Gasteiger partial charge on any atom is 0.107 e. The molecule has 0 saturated heterocycles. The molecule has 1 aliphatic rings. The quantitative estimate of drug-likeness (QED) is 0.446. The molecule has 0 saturated carbocycles. The summed E-state index contributed by atoms with van der Waals surface area (Å²) in [5.74, 6) is 0. The van der Waals surface area contributed by atoms with Gasteiger partial charge in [-0.15, -0.1) is 0 Å². The Morgan fingerprint density at radius 2 is 1.62 bits per heavy atom. The van der Waals surface area contributed by atoms with Crippen LogP contribution in [0.1, 0.15) is 37.8 Å². The van der Waals surface area contributed by atoms with Crippen molar-refractivity contribution in [3.8, 4) is 0 Å². The van der Waals surface area contributed by atoms with Crippen molar-refractivity contribution in [3.63, 3.8) is 0 Å². The molecule has 5 nitrogen and oxygen atoms in total. The average molecular weight is 390 g/mol. The summed E-state index contributed by atoms with van der Waals surface area (Å²) in [7, 11) is 0. The van der Waals surface area contributed by atoms with Gasteiger partial charge in [-0.05, 0) is 88.6 Å². The minimum absolute atomic E-state index is 0.864. The van der Waals surface area contributed by atoms with Crippen LogP contribution in [0.25, 0.3) is 0 Å². The first kappa shape index (κ1) is 20.5. The van der Waals surface area contributed by atoms with Crippen LogP contribution in [0, 0.1) is 26.0 Å². The number of hydrogen-bond donors (Lipinski definition) is 4. The maximum absolute atomic E-state index is 3.30. The number of nitrogens with one attached hydrogen (secondary N) is 4. The van der Waals surface area contributed by atoms with Gasteiger partial charge in [0.1, 0.15) is 11.4 Å². The number of aryl methyl sites for hydroxylation is 2. The predicted molar refractivity (Wildman–Crippen MR) is 122 cm³/mol. The highest BCUT2D eigenvalue weighted by Gasteiger charge is 2.10. The summed E-state index contributed by atoms with van der Waals surface area (Å²) < 4.78 is 0. The molecule has 0 heterocycles. The van der Waals surface area contributed by atoms with Gasteiger partial charge in [0.2, 0.25) is 0 Å². The highest BCUT2D eigenvalue weighted by Crippen LogP contribution is 2.20. The van der Waals surface area contributed by atoms with Crippen LogP contribution in [0.2, 0.25) is 0 Å². The van der Waals surface area contributed by atoms with Crippen molar-refractivity contribution in [2.24, 2.45) is 0 Å². The number of benzene rings is 1. The van der Waals surface area contributed by atoms with E-state index < -0.39 is 0 Å². The average Bonchev–Trinajstić information content (AvgIpc) is 2.74. The summed E-state index contributed by atoms with van der Waals surface area (Å²) in [5.41, 5.74) is 20.6. The molecule has 0 bridgehead atoms. The molecular weight excluding hydrogens is 358 g/mol. The summed E-state index contributed by atoms with van der Waals surface area (Å²) in [6.45, 7) is 10.6. The molecule has 0 atom stereocenters. The zero-order chi connectivity index (χ0) is 20.6. The molecule has 0 spiro atoms. The van der Waals surface area contributed by atoms with Crippen LogP contribution in [0.4, 0.5) is 17.1 Å². The SMILES string of the molecule is CCN(CC)C1=CC=C(NNc2c#cc(NNc3ccc(C)cc3)c(C)c2)CC1. The number of hydrazine groups is 2. The Labute approximate surface area is 174 Å². The van der Waals surface area contributed by atoms with Crippen LogP contribution in [-0.4, -0.2) is 18.0 Å². The summed E-state index contributed by atoms with van der Waals surface area (Å²) in [5, 5.41) is 0. The van der Waals surface area contributed by atoms with Crippen molar-refractivity contribution in [2.75, 3.05) is 29.4 Å². The Morgan fingerprint density at radius 3 is 2.24 bits per heavy atom. The van der Waals surface area contributed by atoms with Crippen molar-refractivity contribution in [1.29, 1.82) is 0 Å². The van der Waals surface area contributed by atoms with Gasteiger partial charge in [0.05, 0.1) is 5.69 Å². The number of nitrogens with zero attached hydrogens (tertiary/aromatic N) is 1. The lowest BCUT2D eigenvalue weighted by molar-refractivity contribution is 0.365. The van der Waals surface area contributed by atoms with Gasteiger partial charge >= 0.3 is 0 Å². The van der Waals surface area contributed by atoms with Crippen molar-refractivity contribution in [2.45, 2.75) is 40.5 Å². The van der Waals surface area contributed by atoms with Gasteiger partial charge in [0.25, 0.3) is 0 Å². The second kappa shape index (κ2) is 9.79. The van der Waals surface area contributed by atoms with Crippen LogP contribution in [0.5, 0.6) is 0 Å². The van der Waals surface area contributed by atoms with E-state index >= 15 is 0 Å². The van der Waals surface area contributed by atoms with Crippen molar-refractivity contribution in [3.05, 3.63) is 77.1 Å². The minimum atomic E-state index is 0.864. The van der Waals surface area contributed by atoms with Gasteiger partial charge < -0.3 is 15.8 Å². The van der Waals surface area contributed by atoms with Crippen LogP contribution in [-0.2, 0) is 0 Å². The van der Waals surface area contributed by atoms with E-state index in [1.165, 1.54) is 17.0 Å². The van der Waals surface area contributed by atoms with E-state index in [1.54, 1.807) is 0 Å². The lowest BCUT2D eigenvalue weighted by Gasteiger charge is -2.27. The Hall–Kier alpha value is -3.26. The molecule has 29 heavy (non-hydrogen) atoms. The molecule has 2 aromatic rings. The molecule has 0 amide bonds. The fourth-order valence-electron chi connectivity index (χ4n) is 3.29. The van der Waals surface area contributed by atoms with E-state index in [0.29, 0.717) is 0 Å². The number of hydrogen-bond acceptors (Lipinski definition) is 5. The Morgan fingerprint density at radius 1 is 0.862 bits per heavy atom. The predicted octanol–water partition coefficient (Wildman–Crippen LogP) is 5.16. The van der Waals surface area contributed by atoms with Crippen LogP contribution in [0.3, 0.4) is 0 Å². The molecule has 0 unspecified atom stereocenters. The molecule has 0 radical (unpaired) electrons. The molecule has 4 N–H and O–H groups in total. The van der Waals surface area contributed by atoms with Crippen LogP contribution >= 0.6 is 0 Å². The highest BCUT2D eigenvalue weighted by atomic mass is 15.4. The zero-order valence-electron chi connectivity index (χ0n) is 17.8. The third-order valence-corrected chi connectivity index (χ3v) is 5.12. The lowest BCUT2D eigenvalue weighted by Crippen LogP contribution is -2.26. The monoisotopic (exact) mass is 389 g/mol. The van der Waals surface area contributed by atoms with E-state index in [-0.39, 0.29) is 0 Å². The van der Waals surface area contributed by atoms with Crippen molar-refractivity contribution in [1.82, 2.24) is 10.3 Å². The van der Waals surface area contributed by atoms with E-state index in [9.17, 15) is 0 Å². The van der Waals surface area contributed by atoms with Gasteiger partial charge in [-0.1, -0.05) is 17.7 Å². The van der Waals surface area contributed by atoms with Crippen LogP contribution in [0.15, 0.2) is 53.9 Å². The number of anilines is 3. The third-order valence-electron chi connectivity index (χ3n) is 5.12. The van der Waals surface area contributed by atoms with Gasteiger partial charge in [-0.3, -0.25) is 10.9 Å². The topological polar surface area (TPSA) is 51.4 Å². The fourth-order valence-corrected chi connectivity index (χ4v) is 3.29. The molecule has 3 rings (SSSR count). The van der Waals surface area contributed by atoms with E-state index in [0.717, 1.165) is 48.6 Å².